The molecule has 1 fully saturated rings. The van der Waals surface area contributed by atoms with Crippen LogP contribution in [0.2, 0.25) is 0 Å². The van der Waals surface area contributed by atoms with Crippen molar-refractivity contribution in [2.45, 2.75) is 57.8 Å². The van der Waals surface area contributed by atoms with Gasteiger partial charge in [0.15, 0.2) is 0 Å². The van der Waals surface area contributed by atoms with Gasteiger partial charge in [0.05, 0.1) is 12.7 Å². The second kappa shape index (κ2) is 10.4. The average molecular weight is 393 g/mol. The summed E-state index contributed by atoms with van der Waals surface area (Å²) in [6, 6.07) is 18.1. The van der Waals surface area contributed by atoms with Gasteiger partial charge in [0.25, 0.3) is 0 Å². The number of benzene rings is 2. The summed E-state index contributed by atoms with van der Waals surface area (Å²) in [4.78, 5) is 24.3. The molecule has 3 unspecified atom stereocenters. The van der Waals surface area contributed by atoms with Crippen LogP contribution in [0.15, 0.2) is 54.6 Å². The van der Waals surface area contributed by atoms with Crippen LogP contribution in [0.4, 0.5) is 0 Å². The lowest BCUT2D eigenvalue weighted by Crippen LogP contribution is -2.16. The topological polar surface area (TPSA) is 43.4 Å². The van der Waals surface area contributed by atoms with E-state index < -0.39 is 0 Å². The fraction of sp³-hybridized carbons (Fsp3) is 0.462. The van der Waals surface area contributed by atoms with Crippen molar-refractivity contribution in [1.82, 2.24) is 0 Å². The normalized spacial score (nSPS) is 21.1. The van der Waals surface area contributed by atoms with E-state index in [0.29, 0.717) is 36.2 Å². The molecule has 2 aromatic carbocycles. The third-order valence-electron chi connectivity index (χ3n) is 6.36. The van der Waals surface area contributed by atoms with Crippen molar-refractivity contribution in [2.24, 2.45) is 11.8 Å². The Morgan fingerprint density at radius 1 is 1.00 bits per heavy atom. The second-order valence-corrected chi connectivity index (χ2v) is 8.25. The molecule has 0 radical (unpaired) electrons. The van der Waals surface area contributed by atoms with Gasteiger partial charge in [0.2, 0.25) is 0 Å². The van der Waals surface area contributed by atoms with Crippen molar-refractivity contribution in [2.75, 3.05) is 7.11 Å². The summed E-state index contributed by atoms with van der Waals surface area (Å²) in [6.45, 7) is 2.26. The lowest BCUT2D eigenvalue weighted by atomic mass is 9.80. The monoisotopic (exact) mass is 392 g/mol. The summed E-state index contributed by atoms with van der Waals surface area (Å²) in [5, 5.41) is 0. The largest absolute Gasteiger partial charge is 0.465 e. The fourth-order valence-corrected chi connectivity index (χ4v) is 4.98. The number of Topliss-reactive ketones (excluding diaryl/α,β-unsaturated/α-hetero) is 1. The summed E-state index contributed by atoms with van der Waals surface area (Å²) in [5.41, 5.74) is 2.85. The standard InChI is InChI=1S/C26H32O3/c1-3-8-24-21(14-16-25(24)20-10-5-4-6-11-20)13-15-23(27)18-19-9-7-12-22(17-19)26(28)29-2/h4-7,9-12,17,21,24-25H,3,8,13-16,18H2,1-2H3. The minimum atomic E-state index is -0.361. The van der Waals surface area contributed by atoms with Crippen LogP contribution in [0.25, 0.3) is 0 Å². The van der Waals surface area contributed by atoms with Crippen molar-refractivity contribution < 1.29 is 14.3 Å². The average Bonchev–Trinajstić information content (AvgIpc) is 3.15. The van der Waals surface area contributed by atoms with Gasteiger partial charge in [-0.15, -0.1) is 0 Å². The van der Waals surface area contributed by atoms with Crippen LogP contribution in [-0.4, -0.2) is 18.9 Å². The first-order chi connectivity index (χ1) is 14.1. The lowest BCUT2D eigenvalue weighted by Gasteiger charge is -2.25. The molecule has 0 saturated heterocycles. The molecule has 3 atom stereocenters. The Morgan fingerprint density at radius 2 is 1.79 bits per heavy atom. The molecule has 0 aromatic heterocycles. The predicted molar refractivity (Wildman–Crippen MR) is 116 cm³/mol. The van der Waals surface area contributed by atoms with E-state index >= 15 is 0 Å². The van der Waals surface area contributed by atoms with Gasteiger partial charge in [0, 0.05) is 12.8 Å². The third kappa shape index (κ3) is 5.56. The van der Waals surface area contributed by atoms with Gasteiger partial charge in [-0.2, -0.15) is 0 Å². The Balaban J connectivity index is 1.57. The van der Waals surface area contributed by atoms with E-state index in [0.717, 1.165) is 12.0 Å². The summed E-state index contributed by atoms with van der Waals surface area (Å²) in [7, 11) is 1.37. The fourth-order valence-electron chi connectivity index (χ4n) is 4.98. The molecule has 0 aliphatic heterocycles. The summed E-state index contributed by atoms with van der Waals surface area (Å²) in [5.74, 6) is 1.83. The van der Waals surface area contributed by atoms with Crippen LogP contribution in [0.1, 0.15) is 72.9 Å². The van der Waals surface area contributed by atoms with Crippen LogP contribution >= 0.6 is 0 Å². The van der Waals surface area contributed by atoms with Gasteiger partial charge in [-0.25, -0.2) is 4.79 Å². The lowest BCUT2D eigenvalue weighted by molar-refractivity contribution is -0.118. The zero-order chi connectivity index (χ0) is 20.6. The van der Waals surface area contributed by atoms with Crippen molar-refractivity contribution in [3.8, 4) is 0 Å². The van der Waals surface area contributed by atoms with E-state index in [-0.39, 0.29) is 11.8 Å². The number of hydrogen-bond acceptors (Lipinski definition) is 3. The van der Waals surface area contributed by atoms with Crippen molar-refractivity contribution in [1.29, 1.82) is 0 Å². The molecule has 1 saturated carbocycles. The zero-order valence-corrected chi connectivity index (χ0v) is 17.6. The zero-order valence-electron chi connectivity index (χ0n) is 17.6. The van der Waals surface area contributed by atoms with E-state index in [1.54, 1.807) is 12.1 Å². The number of hydrogen-bond donors (Lipinski definition) is 0. The Hall–Kier alpha value is -2.42. The van der Waals surface area contributed by atoms with E-state index in [1.807, 2.05) is 12.1 Å². The van der Waals surface area contributed by atoms with Gasteiger partial charge >= 0.3 is 5.97 Å². The number of carbonyl (C=O) groups is 2. The van der Waals surface area contributed by atoms with E-state index in [9.17, 15) is 9.59 Å². The number of ether oxygens (including phenoxy) is 1. The molecule has 154 valence electrons. The highest BCUT2D eigenvalue weighted by Crippen LogP contribution is 2.47. The molecular weight excluding hydrogens is 360 g/mol. The minimum absolute atomic E-state index is 0.255. The molecule has 29 heavy (non-hydrogen) atoms. The van der Waals surface area contributed by atoms with Crippen molar-refractivity contribution in [3.05, 3.63) is 71.3 Å². The maximum Gasteiger partial charge on any atom is 0.337 e. The highest BCUT2D eigenvalue weighted by atomic mass is 16.5. The minimum Gasteiger partial charge on any atom is -0.465 e. The summed E-state index contributed by atoms with van der Waals surface area (Å²) >= 11 is 0. The summed E-state index contributed by atoms with van der Waals surface area (Å²) in [6.07, 6.45) is 6.86. The maximum absolute atomic E-state index is 12.6. The molecule has 0 bridgehead atoms. The van der Waals surface area contributed by atoms with Crippen molar-refractivity contribution in [3.63, 3.8) is 0 Å². The first-order valence-electron chi connectivity index (χ1n) is 10.9. The number of esters is 1. The van der Waals surface area contributed by atoms with E-state index in [2.05, 4.69) is 37.3 Å². The Bertz CT molecular complexity index is 812. The smallest absolute Gasteiger partial charge is 0.337 e. The van der Waals surface area contributed by atoms with Crippen LogP contribution in [0.5, 0.6) is 0 Å². The van der Waals surface area contributed by atoms with Crippen LogP contribution in [-0.2, 0) is 16.0 Å². The highest BCUT2D eigenvalue weighted by Gasteiger charge is 2.35. The number of rotatable bonds is 9. The SMILES string of the molecule is CCCC1C(CCC(=O)Cc2cccc(C(=O)OC)c2)CCC1c1ccccc1. The van der Waals surface area contributed by atoms with Gasteiger partial charge in [0.1, 0.15) is 5.78 Å². The molecule has 0 heterocycles. The Kier molecular flexibility index (Phi) is 7.62. The Morgan fingerprint density at radius 3 is 2.52 bits per heavy atom. The molecule has 3 heteroatoms. The van der Waals surface area contributed by atoms with Crippen LogP contribution in [0, 0.1) is 11.8 Å². The Labute approximate surface area is 174 Å². The van der Waals surface area contributed by atoms with Gasteiger partial charge < -0.3 is 4.74 Å². The molecule has 2 aromatic rings. The maximum atomic E-state index is 12.6. The number of methoxy groups -OCH3 is 1. The van der Waals surface area contributed by atoms with E-state index in [4.69, 9.17) is 4.74 Å². The molecule has 0 amide bonds. The number of carbonyl (C=O) groups excluding carboxylic acids is 2. The second-order valence-electron chi connectivity index (χ2n) is 8.25. The summed E-state index contributed by atoms with van der Waals surface area (Å²) < 4.78 is 4.77. The number of ketones is 1. The molecule has 0 N–H and O–H groups in total. The molecule has 0 spiro atoms. The van der Waals surface area contributed by atoms with Crippen LogP contribution in [0.3, 0.4) is 0 Å². The van der Waals surface area contributed by atoms with Crippen molar-refractivity contribution >= 4 is 11.8 Å². The quantitative estimate of drug-likeness (QED) is 0.493. The van der Waals surface area contributed by atoms with E-state index in [1.165, 1.54) is 38.4 Å². The molecular formula is C26H32O3. The molecule has 3 nitrogen and oxygen atoms in total. The van der Waals surface area contributed by atoms with Gasteiger partial charge in [-0.3, -0.25) is 4.79 Å². The van der Waals surface area contributed by atoms with Gasteiger partial charge in [-0.05, 0) is 66.7 Å². The first kappa shape index (κ1) is 21.3. The van der Waals surface area contributed by atoms with Gasteiger partial charge in [-0.1, -0.05) is 55.8 Å². The first-order valence-corrected chi connectivity index (χ1v) is 10.9. The third-order valence-corrected chi connectivity index (χ3v) is 6.36. The highest BCUT2D eigenvalue weighted by molar-refractivity contribution is 5.90. The molecule has 1 aliphatic rings. The predicted octanol–water partition coefficient (Wildman–Crippen LogP) is 5.98. The molecule has 1 aliphatic carbocycles. The molecule has 3 rings (SSSR count). The van der Waals surface area contributed by atoms with Crippen LogP contribution < -0.4 is 0 Å².